The number of piperidine rings is 1. The summed E-state index contributed by atoms with van der Waals surface area (Å²) >= 11 is 6.85. The zero-order chi connectivity index (χ0) is 16.7. The minimum Gasteiger partial charge on any atom is -0.291 e. The van der Waals surface area contributed by atoms with E-state index < -0.39 is 0 Å². The van der Waals surface area contributed by atoms with Crippen LogP contribution >= 0.6 is 31.9 Å². The maximum absolute atomic E-state index is 12.9. The molecule has 2 fully saturated rings. The van der Waals surface area contributed by atoms with Crippen molar-refractivity contribution in [1.82, 2.24) is 4.90 Å². The first-order valence-electron chi connectivity index (χ1n) is 7.92. The van der Waals surface area contributed by atoms with Crippen LogP contribution in [0.5, 0.6) is 0 Å². The summed E-state index contributed by atoms with van der Waals surface area (Å²) in [5.41, 5.74) is 0.629. The van der Waals surface area contributed by atoms with Crippen LogP contribution < -0.4 is 4.90 Å². The van der Waals surface area contributed by atoms with Crippen LogP contribution in [0.1, 0.15) is 26.7 Å². The number of anilines is 1. The molecule has 0 bridgehead atoms. The molecule has 0 N–H and O–H groups in total. The largest absolute Gasteiger partial charge is 0.291 e. The monoisotopic (exact) mass is 442 g/mol. The fourth-order valence-corrected chi connectivity index (χ4v) is 5.01. The lowest BCUT2D eigenvalue weighted by atomic mass is 9.90. The molecule has 0 spiro atoms. The van der Waals surface area contributed by atoms with Gasteiger partial charge in [-0.15, -0.1) is 0 Å². The Hall–Kier alpha value is -0.720. The van der Waals surface area contributed by atoms with Gasteiger partial charge in [0.05, 0.1) is 18.2 Å². The van der Waals surface area contributed by atoms with E-state index in [9.17, 15) is 9.59 Å². The highest BCUT2D eigenvalue weighted by atomic mass is 79.9. The molecule has 0 aromatic heterocycles. The summed E-state index contributed by atoms with van der Waals surface area (Å²) in [4.78, 5) is 28.9. The maximum atomic E-state index is 12.9. The van der Waals surface area contributed by atoms with E-state index in [-0.39, 0.29) is 24.3 Å². The first-order valence-corrected chi connectivity index (χ1v) is 9.51. The number of hydrogen-bond acceptors (Lipinski definition) is 3. The molecule has 1 aromatic carbocycles. The van der Waals surface area contributed by atoms with Crippen molar-refractivity contribution in [1.29, 1.82) is 0 Å². The quantitative estimate of drug-likeness (QED) is 0.652. The number of imide groups is 1. The molecule has 4 nitrogen and oxygen atoms in total. The number of benzene rings is 1. The second-order valence-corrected chi connectivity index (χ2v) is 8.55. The Kier molecular flexibility index (Phi) is 4.95. The SMILES string of the molecule is C[C@@H]1C[C@@H](C)CN([C@H]2CC(=O)N(c3ccc(Br)cc3Br)C2=O)C1. The summed E-state index contributed by atoms with van der Waals surface area (Å²) in [6.07, 6.45) is 1.47. The van der Waals surface area contributed by atoms with Gasteiger partial charge < -0.3 is 0 Å². The van der Waals surface area contributed by atoms with Gasteiger partial charge in [0, 0.05) is 22.0 Å². The molecular formula is C17H20Br2N2O2. The molecule has 2 aliphatic heterocycles. The third kappa shape index (κ3) is 3.39. The molecule has 0 unspecified atom stereocenters. The molecule has 23 heavy (non-hydrogen) atoms. The van der Waals surface area contributed by atoms with Gasteiger partial charge in [0.2, 0.25) is 5.91 Å². The summed E-state index contributed by atoms with van der Waals surface area (Å²) in [6.45, 7) is 6.22. The van der Waals surface area contributed by atoms with Crippen LogP contribution in [0.25, 0.3) is 0 Å². The molecule has 2 saturated heterocycles. The average molecular weight is 444 g/mol. The van der Waals surface area contributed by atoms with Crippen LogP contribution in [0.3, 0.4) is 0 Å². The molecule has 6 heteroatoms. The average Bonchev–Trinajstić information content (AvgIpc) is 2.74. The van der Waals surface area contributed by atoms with Gasteiger partial charge in [0.25, 0.3) is 5.91 Å². The lowest BCUT2D eigenvalue weighted by molar-refractivity contribution is -0.123. The summed E-state index contributed by atoms with van der Waals surface area (Å²) in [5, 5.41) is 0. The van der Waals surface area contributed by atoms with E-state index in [4.69, 9.17) is 0 Å². The number of hydrogen-bond donors (Lipinski definition) is 0. The first-order chi connectivity index (χ1) is 10.9. The second kappa shape index (κ2) is 6.65. The van der Waals surface area contributed by atoms with Crippen molar-refractivity contribution < 1.29 is 9.59 Å². The molecule has 3 rings (SSSR count). The fraction of sp³-hybridized carbons (Fsp3) is 0.529. The van der Waals surface area contributed by atoms with E-state index in [1.807, 2.05) is 12.1 Å². The smallest absolute Gasteiger partial charge is 0.251 e. The van der Waals surface area contributed by atoms with E-state index in [1.165, 1.54) is 11.3 Å². The van der Waals surface area contributed by atoms with Gasteiger partial charge >= 0.3 is 0 Å². The molecule has 2 heterocycles. The van der Waals surface area contributed by atoms with Gasteiger partial charge in [-0.25, -0.2) is 4.90 Å². The van der Waals surface area contributed by atoms with Gasteiger partial charge in [-0.1, -0.05) is 29.8 Å². The third-order valence-electron chi connectivity index (χ3n) is 4.61. The van der Waals surface area contributed by atoms with Gasteiger partial charge in [0.1, 0.15) is 0 Å². The molecule has 2 aliphatic rings. The van der Waals surface area contributed by atoms with E-state index in [1.54, 1.807) is 6.07 Å². The number of halogens is 2. The third-order valence-corrected chi connectivity index (χ3v) is 5.74. The van der Waals surface area contributed by atoms with Gasteiger partial charge in [-0.2, -0.15) is 0 Å². The Labute approximate surface area is 153 Å². The Morgan fingerprint density at radius 1 is 1.09 bits per heavy atom. The summed E-state index contributed by atoms with van der Waals surface area (Å²) < 4.78 is 1.65. The molecular weight excluding hydrogens is 424 g/mol. The molecule has 0 aliphatic carbocycles. The number of rotatable bonds is 2. The number of nitrogens with zero attached hydrogens (tertiary/aromatic N) is 2. The molecule has 1 aromatic rings. The summed E-state index contributed by atoms with van der Waals surface area (Å²) in [5.74, 6) is 0.915. The predicted octanol–water partition coefficient (Wildman–Crippen LogP) is 3.82. The van der Waals surface area contributed by atoms with E-state index >= 15 is 0 Å². The Morgan fingerprint density at radius 3 is 2.35 bits per heavy atom. The normalized spacial score (nSPS) is 29.4. The van der Waals surface area contributed by atoms with Gasteiger partial charge in [0.15, 0.2) is 0 Å². The van der Waals surface area contributed by atoms with Crippen LogP contribution in [-0.4, -0.2) is 35.8 Å². The van der Waals surface area contributed by atoms with E-state index in [2.05, 4.69) is 50.6 Å². The number of amides is 2. The van der Waals surface area contributed by atoms with Gasteiger partial charge in [-0.05, 0) is 52.4 Å². The zero-order valence-corrected chi connectivity index (χ0v) is 16.4. The van der Waals surface area contributed by atoms with Gasteiger partial charge in [-0.3, -0.25) is 14.5 Å². The first kappa shape index (κ1) is 17.1. The number of carbonyl (C=O) groups excluding carboxylic acids is 2. The highest BCUT2D eigenvalue weighted by Gasteiger charge is 2.44. The molecule has 2 amide bonds. The van der Waals surface area contributed by atoms with Crippen molar-refractivity contribution >= 4 is 49.4 Å². The van der Waals surface area contributed by atoms with Crippen molar-refractivity contribution in [2.24, 2.45) is 11.8 Å². The van der Waals surface area contributed by atoms with E-state index in [0.717, 1.165) is 22.0 Å². The van der Waals surface area contributed by atoms with Crippen LogP contribution in [0.4, 0.5) is 5.69 Å². The molecule has 0 saturated carbocycles. The minimum atomic E-state index is -0.316. The molecule has 3 atom stereocenters. The maximum Gasteiger partial charge on any atom is 0.251 e. The Bertz CT molecular complexity index is 639. The summed E-state index contributed by atoms with van der Waals surface area (Å²) in [7, 11) is 0. The fourth-order valence-electron chi connectivity index (χ4n) is 3.78. The van der Waals surface area contributed by atoms with Crippen LogP contribution in [0.15, 0.2) is 27.1 Å². The lowest BCUT2D eigenvalue weighted by Crippen LogP contribution is -2.48. The summed E-state index contributed by atoms with van der Waals surface area (Å²) in [6, 6.07) is 5.18. The number of carbonyl (C=O) groups is 2. The topological polar surface area (TPSA) is 40.6 Å². The zero-order valence-electron chi connectivity index (χ0n) is 13.3. The van der Waals surface area contributed by atoms with Crippen LogP contribution in [-0.2, 0) is 9.59 Å². The molecule has 124 valence electrons. The van der Waals surface area contributed by atoms with Crippen molar-refractivity contribution in [2.45, 2.75) is 32.7 Å². The highest BCUT2D eigenvalue weighted by Crippen LogP contribution is 2.35. The number of likely N-dealkylation sites (tertiary alicyclic amines) is 1. The van der Waals surface area contributed by atoms with Crippen molar-refractivity contribution in [2.75, 3.05) is 18.0 Å². The van der Waals surface area contributed by atoms with Crippen molar-refractivity contribution in [3.8, 4) is 0 Å². The van der Waals surface area contributed by atoms with Crippen LogP contribution in [0.2, 0.25) is 0 Å². The highest BCUT2D eigenvalue weighted by molar-refractivity contribution is 9.11. The predicted molar refractivity (Wildman–Crippen MR) is 97.3 cm³/mol. The second-order valence-electron chi connectivity index (χ2n) is 6.78. The van der Waals surface area contributed by atoms with Crippen LogP contribution in [0, 0.1) is 11.8 Å². The van der Waals surface area contributed by atoms with E-state index in [0.29, 0.717) is 17.5 Å². The van der Waals surface area contributed by atoms with Crippen molar-refractivity contribution in [3.63, 3.8) is 0 Å². The standard InChI is InChI=1S/C17H20Br2N2O2/c1-10-5-11(2)9-20(8-10)15-7-16(22)21(17(15)23)14-4-3-12(18)6-13(14)19/h3-4,6,10-11,15H,5,7-9H2,1-2H3/t10-,11-,15+/m1/s1. The Balaban J connectivity index is 1.85. The minimum absolute atomic E-state index is 0.0978. The lowest BCUT2D eigenvalue weighted by Gasteiger charge is -2.37. The molecule has 0 radical (unpaired) electrons. The Morgan fingerprint density at radius 2 is 1.74 bits per heavy atom. The van der Waals surface area contributed by atoms with Crippen molar-refractivity contribution in [3.05, 3.63) is 27.1 Å².